The van der Waals surface area contributed by atoms with Crippen molar-refractivity contribution < 1.29 is 21.6 Å². The average molecular weight is 807 g/mol. The SMILES string of the molecule is Cn1nc(-n2ccc(=O)[nH]c2=O)c2ccc(C3CCN(CC4CCN(c5cccc(S(=O)(=O)N6CCC(Nc7ncc(C(F)(F)F)cn7)CC6)c5)CC4)CC3)cc21. The number of benzene rings is 2. The Bertz CT molecular complexity index is 2450. The van der Waals surface area contributed by atoms with E-state index in [9.17, 15) is 31.2 Å². The van der Waals surface area contributed by atoms with Gasteiger partial charge in [0.25, 0.3) is 5.56 Å². The topological polar surface area (TPSA) is 154 Å². The number of H-pyrrole nitrogens is 1. The number of nitrogens with one attached hydrogen (secondary N) is 2. The molecule has 57 heavy (non-hydrogen) atoms. The molecule has 3 aromatic heterocycles. The van der Waals surface area contributed by atoms with Crippen molar-refractivity contribution in [2.24, 2.45) is 13.0 Å². The van der Waals surface area contributed by atoms with Gasteiger partial charge in [0.05, 0.1) is 16.0 Å². The molecular formula is C39H45F3N10O4S. The summed E-state index contributed by atoms with van der Waals surface area (Å²) in [6.07, 6.45) is 3.52. The van der Waals surface area contributed by atoms with Gasteiger partial charge in [-0.05, 0) is 99.3 Å². The number of sulfonamides is 1. The van der Waals surface area contributed by atoms with Crippen molar-refractivity contribution in [3.8, 4) is 5.82 Å². The molecule has 2 aromatic carbocycles. The zero-order chi connectivity index (χ0) is 39.9. The van der Waals surface area contributed by atoms with Gasteiger partial charge >= 0.3 is 11.9 Å². The second kappa shape index (κ2) is 15.7. The van der Waals surface area contributed by atoms with Crippen molar-refractivity contribution in [3.63, 3.8) is 0 Å². The molecule has 3 aliphatic heterocycles. The van der Waals surface area contributed by atoms with Gasteiger partial charge in [0.1, 0.15) is 0 Å². The molecule has 302 valence electrons. The summed E-state index contributed by atoms with van der Waals surface area (Å²) in [5.41, 5.74) is 1.20. The maximum Gasteiger partial charge on any atom is 0.419 e. The van der Waals surface area contributed by atoms with E-state index in [4.69, 9.17) is 0 Å². The fourth-order valence-corrected chi connectivity index (χ4v) is 9.93. The minimum absolute atomic E-state index is 0.0865. The molecule has 0 unspecified atom stereocenters. The number of aryl methyl sites for hydroxylation is 1. The first kappa shape index (κ1) is 38.8. The summed E-state index contributed by atoms with van der Waals surface area (Å²) < 4.78 is 70.5. The van der Waals surface area contributed by atoms with Crippen molar-refractivity contribution in [2.45, 2.75) is 61.6 Å². The minimum atomic E-state index is -4.51. The first-order valence-electron chi connectivity index (χ1n) is 19.3. The monoisotopic (exact) mass is 806 g/mol. The molecule has 3 saturated heterocycles. The standard InChI is InChI=1S/C39H45F3N10O4S/c1-48-34-21-28(5-6-33(34)36(47-48)52-20-13-35(53)46-38(52)54)27-9-14-49(15-10-27)25-26-7-16-50(17-8-26)31-3-2-4-32(22-31)57(55,56)51-18-11-30(12-19-51)45-37-43-23-29(24-44-37)39(40,41)42/h2-6,13,20-24,26-27,30H,7-12,14-19,25H2,1H3,(H,43,44,45)(H,46,53,54). The van der Waals surface area contributed by atoms with Crippen molar-refractivity contribution in [1.82, 2.24) is 38.5 Å². The van der Waals surface area contributed by atoms with E-state index in [1.165, 1.54) is 26.7 Å². The maximum absolute atomic E-state index is 13.7. The lowest BCUT2D eigenvalue weighted by Crippen LogP contribution is -2.42. The highest BCUT2D eigenvalue weighted by Crippen LogP contribution is 2.34. The van der Waals surface area contributed by atoms with Crippen LogP contribution >= 0.6 is 0 Å². The Hall–Kier alpha value is -5.07. The molecule has 18 heteroatoms. The molecule has 8 rings (SSSR count). The lowest BCUT2D eigenvalue weighted by molar-refractivity contribution is -0.138. The van der Waals surface area contributed by atoms with Crippen LogP contribution in [0.4, 0.5) is 24.8 Å². The van der Waals surface area contributed by atoms with E-state index in [1.54, 1.807) is 22.9 Å². The number of piperidine rings is 3. The predicted octanol–water partition coefficient (Wildman–Crippen LogP) is 4.58. The van der Waals surface area contributed by atoms with Gasteiger partial charge in [-0.15, -0.1) is 0 Å². The van der Waals surface area contributed by atoms with E-state index in [-0.39, 0.29) is 30.0 Å². The van der Waals surface area contributed by atoms with Gasteiger partial charge in [0, 0.05) is 81.5 Å². The minimum Gasteiger partial charge on any atom is -0.371 e. The second-order valence-corrected chi connectivity index (χ2v) is 17.3. The first-order valence-corrected chi connectivity index (χ1v) is 20.8. The van der Waals surface area contributed by atoms with Crippen LogP contribution in [0.3, 0.4) is 0 Å². The van der Waals surface area contributed by atoms with Gasteiger partial charge in [-0.3, -0.25) is 19.0 Å². The number of nitrogens with zero attached hydrogens (tertiary/aromatic N) is 8. The van der Waals surface area contributed by atoms with Gasteiger partial charge in [-0.1, -0.05) is 12.1 Å². The Balaban J connectivity index is 0.808. The van der Waals surface area contributed by atoms with Gasteiger partial charge in [0.2, 0.25) is 16.0 Å². The predicted molar refractivity (Wildman–Crippen MR) is 209 cm³/mol. The van der Waals surface area contributed by atoms with Crippen LogP contribution in [0.1, 0.15) is 55.6 Å². The Morgan fingerprint density at radius 1 is 0.877 bits per heavy atom. The first-order chi connectivity index (χ1) is 27.3. The average Bonchev–Trinajstić information content (AvgIpc) is 3.53. The third kappa shape index (κ3) is 8.34. The molecule has 5 aromatic rings. The molecule has 0 amide bonds. The van der Waals surface area contributed by atoms with E-state index in [1.807, 2.05) is 19.2 Å². The Kier molecular flexibility index (Phi) is 10.7. The van der Waals surface area contributed by atoms with Gasteiger partial charge < -0.3 is 15.1 Å². The van der Waals surface area contributed by atoms with Crippen molar-refractivity contribution in [3.05, 3.63) is 99.1 Å². The number of rotatable bonds is 9. The van der Waals surface area contributed by atoms with E-state index in [0.717, 1.165) is 87.4 Å². The number of hydrogen-bond donors (Lipinski definition) is 2. The van der Waals surface area contributed by atoms with Crippen LogP contribution in [-0.2, 0) is 23.2 Å². The number of alkyl halides is 3. The van der Waals surface area contributed by atoms with Crippen LogP contribution in [0.2, 0.25) is 0 Å². The zero-order valence-electron chi connectivity index (χ0n) is 31.5. The highest BCUT2D eigenvalue weighted by Gasteiger charge is 2.33. The van der Waals surface area contributed by atoms with E-state index < -0.39 is 33.0 Å². The summed E-state index contributed by atoms with van der Waals surface area (Å²) in [7, 11) is -1.87. The number of fused-ring (bicyclic) bond motifs is 1. The number of aromatic amines is 1. The summed E-state index contributed by atoms with van der Waals surface area (Å²) in [5.74, 6) is 1.56. The van der Waals surface area contributed by atoms with E-state index in [2.05, 4.69) is 47.3 Å². The third-order valence-electron chi connectivity index (χ3n) is 11.7. The van der Waals surface area contributed by atoms with Crippen LogP contribution in [0.5, 0.6) is 0 Å². The molecule has 0 spiro atoms. The van der Waals surface area contributed by atoms with Crippen LogP contribution < -0.4 is 21.5 Å². The van der Waals surface area contributed by atoms with Crippen LogP contribution in [0.15, 0.2) is 81.6 Å². The number of halogens is 3. The Labute approximate surface area is 327 Å². The molecule has 0 bridgehead atoms. The Morgan fingerprint density at radius 3 is 2.28 bits per heavy atom. The van der Waals surface area contributed by atoms with Gasteiger partial charge in [0.15, 0.2) is 5.82 Å². The smallest absolute Gasteiger partial charge is 0.371 e. The van der Waals surface area contributed by atoms with Gasteiger partial charge in [-0.2, -0.15) is 22.6 Å². The quantitative estimate of drug-likeness (QED) is 0.217. The number of anilines is 2. The molecule has 3 fully saturated rings. The molecule has 14 nitrogen and oxygen atoms in total. The molecule has 2 N–H and O–H groups in total. The molecule has 0 atom stereocenters. The van der Waals surface area contributed by atoms with Crippen LogP contribution in [0, 0.1) is 5.92 Å². The van der Waals surface area contributed by atoms with E-state index in [0.29, 0.717) is 30.5 Å². The number of likely N-dealkylation sites (tertiary alicyclic amines) is 1. The maximum atomic E-state index is 13.7. The summed E-state index contributed by atoms with van der Waals surface area (Å²) in [5, 5.41) is 8.46. The zero-order valence-corrected chi connectivity index (χ0v) is 32.3. The van der Waals surface area contributed by atoms with Crippen LogP contribution in [-0.4, -0.2) is 98.8 Å². The molecule has 6 heterocycles. The highest BCUT2D eigenvalue weighted by molar-refractivity contribution is 7.89. The second-order valence-electron chi connectivity index (χ2n) is 15.3. The third-order valence-corrected chi connectivity index (χ3v) is 13.6. The van der Waals surface area contributed by atoms with Crippen molar-refractivity contribution >= 4 is 32.6 Å². The lowest BCUT2D eigenvalue weighted by Gasteiger charge is -2.38. The lowest BCUT2D eigenvalue weighted by atomic mass is 9.88. The van der Waals surface area contributed by atoms with Crippen LogP contribution in [0.25, 0.3) is 16.7 Å². The number of hydrogen-bond acceptors (Lipinski definition) is 10. The number of aromatic nitrogens is 6. The highest BCUT2D eigenvalue weighted by atomic mass is 32.2. The largest absolute Gasteiger partial charge is 0.419 e. The summed E-state index contributed by atoms with van der Waals surface area (Å²) >= 11 is 0. The molecule has 3 aliphatic rings. The van der Waals surface area contributed by atoms with E-state index >= 15 is 0 Å². The molecule has 0 radical (unpaired) electrons. The summed E-state index contributed by atoms with van der Waals surface area (Å²) in [6.45, 7) is 5.33. The normalized spacial score (nSPS) is 18.7. The molecule has 0 aliphatic carbocycles. The fourth-order valence-electron chi connectivity index (χ4n) is 8.42. The van der Waals surface area contributed by atoms with Gasteiger partial charge in [-0.25, -0.2) is 23.2 Å². The van der Waals surface area contributed by atoms with Crippen molar-refractivity contribution in [1.29, 1.82) is 0 Å². The molecule has 0 saturated carbocycles. The summed E-state index contributed by atoms with van der Waals surface area (Å²) in [6, 6.07) is 14.7. The van der Waals surface area contributed by atoms with Crippen molar-refractivity contribution in [2.75, 3.05) is 56.0 Å². The Morgan fingerprint density at radius 2 is 1.60 bits per heavy atom. The summed E-state index contributed by atoms with van der Waals surface area (Å²) in [4.78, 5) is 39.0. The fraction of sp³-hybridized carbons (Fsp3) is 0.462. The molecular weight excluding hydrogens is 762 g/mol.